The van der Waals surface area contributed by atoms with Crippen molar-refractivity contribution in [2.45, 2.75) is 24.7 Å². The monoisotopic (exact) mass is 536 g/mol. The van der Waals surface area contributed by atoms with Crippen molar-refractivity contribution in [2.75, 3.05) is 0 Å². The van der Waals surface area contributed by atoms with Crippen molar-refractivity contribution >= 4 is 17.3 Å². The van der Waals surface area contributed by atoms with Gasteiger partial charge in [-0.15, -0.1) is 0 Å². The van der Waals surface area contributed by atoms with E-state index < -0.39 is 17.8 Å². The van der Waals surface area contributed by atoms with E-state index >= 15 is 0 Å². The third-order valence-corrected chi connectivity index (χ3v) is 7.69. The number of Topliss-reactive ketones (excluding diaryl/α,β-unsaturated/α-hetero) is 3. The molecule has 0 aromatic heterocycles. The number of rotatable bonds is 12. The highest BCUT2D eigenvalue weighted by atomic mass is 16.1. The van der Waals surface area contributed by atoms with Crippen LogP contribution in [0.3, 0.4) is 0 Å². The van der Waals surface area contributed by atoms with E-state index in [0.29, 0.717) is 16.7 Å². The molecule has 5 rings (SSSR count). The number of ketones is 3. The lowest BCUT2D eigenvalue weighted by Gasteiger charge is -2.33. The zero-order valence-corrected chi connectivity index (χ0v) is 22.8. The fourth-order valence-electron chi connectivity index (χ4n) is 5.63. The molecule has 0 radical (unpaired) electrons. The predicted octanol–water partition coefficient (Wildman–Crippen LogP) is 8.60. The van der Waals surface area contributed by atoms with Crippen LogP contribution in [-0.2, 0) is 0 Å². The van der Waals surface area contributed by atoms with Crippen LogP contribution in [0.1, 0.15) is 66.9 Å². The standard InChI is InChI=1S/C38H32O3/c39-35(30-20-10-3-11-21-30)26-33(28-16-6-1-7-17-28)37(38(41)32-24-14-5-15-25-32)34(29-18-8-2-9-19-29)27-36(40)31-22-12-4-13-23-31/h1-25,33-34,37H,26-27H2/t33-,34-/m0/s1. The summed E-state index contributed by atoms with van der Waals surface area (Å²) in [7, 11) is 0. The molecule has 0 amide bonds. The molecule has 0 fully saturated rings. The van der Waals surface area contributed by atoms with Crippen LogP contribution in [0, 0.1) is 5.92 Å². The molecule has 0 aliphatic heterocycles. The fraction of sp³-hybridized carbons (Fsp3) is 0.132. The highest BCUT2D eigenvalue weighted by molar-refractivity contribution is 6.02. The van der Waals surface area contributed by atoms with Gasteiger partial charge in [0.25, 0.3) is 0 Å². The topological polar surface area (TPSA) is 51.2 Å². The number of hydrogen-bond acceptors (Lipinski definition) is 3. The second-order valence-electron chi connectivity index (χ2n) is 10.3. The van der Waals surface area contributed by atoms with Crippen LogP contribution in [-0.4, -0.2) is 17.3 Å². The van der Waals surface area contributed by atoms with Gasteiger partial charge in [-0.2, -0.15) is 0 Å². The van der Waals surface area contributed by atoms with Crippen molar-refractivity contribution < 1.29 is 14.4 Å². The Morgan fingerprint density at radius 2 is 0.683 bits per heavy atom. The molecule has 3 nitrogen and oxygen atoms in total. The third kappa shape index (κ3) is 6.82. The number of hydrogen-bond donors (Lipinski definition) is 0. The molecule has 0 saturated heterocycles. The number of carbonyl (C=O) groups excluding carboxylic acids is 3. The summed E-state index contributed by atoms with van der Waals surface area (Å²) in [6.07, 6.45) is 0.278. The van der Waals surface area contributed by atoms with Crippen LogP contribution in [0.15, 0.2) is 152 Å². The largest absolute Gasteiger partial charge is 0.294 e. The van der Waals surface area contributed by atoms with Crippen molar-refractivity contribution in [3.8, 4) is 0 Å². The molecule has 0 N–H and O–H groups in total. The normalized spacial score (nSPS) is 12.4. The molecule has 0 spiro atoms. The van der Waals surface area contributed by atoms with Crippen molar-refractivity contribution in [3.05, 3.63) is 179 Å². The van der Waals surface area contributed by atoms with Crippen LogP contribution in [0.4, 0.5) is 0 Å². The molecule has 202 valence electrons. The smallest absolute Gasteiger partial charge is 0.167 e. The summed E-state index contributed by atoms with van der Waals surface area (Å²) in [5.41, 5.74) is 3.59. The maximum absolute atomic E-state index is 14.6. The van der Waals surface area contributed by atoms with E-state index in [1.54, 1.807) is 0 Å². The van der Waals surface area contributed by atoms with Crippen LogP contribution >= 0.6 is 0 Å². The summed E-state index contributed by atoms with van der Waals surface area (Å²) >= 11 is 0. The molecule has 0 aliphatic rings. The second-order valence-corrected chi connectivity index (χ2v) is 10.3. The Morgan fingerprint density at radius 3 is 1.02 bits per heavy atom. The molecule has 0 bridgehead atoms. The van der Waals surface area contributed by atoms with Gasteiger partial charge in [0.2, 0.25) is 0 Å². The molecular weight excluding hydrogens is 504 g/mol. The average Bonchev–Trinajstić information content (AvgIpc) is 3.05. The summed E-state index contributed by atoms with van der Waals surface area (Å²) in [6, 6.07) is 47.2. The van der Waals surface area contributed by atoms with Gasteiger partial charge in [-0.25, -0.2) is 0 Å². The highest BCUT2D eigenvalue weighted by Gasteiger charge is 2.39. The van der Waals surface area contributed by atoms with Gasteiger partial charge in [-0.3, -0.25) is 14.4 Å². The van der Waals surface area contributed by atoms with Crippen molar-refractivity contribution in [1.82, 2.24) is 0 Å². The summed E-state index contributed by atoms with van der Waals surface area (Å²) < 4.78 is 0. The minimum absolute atomic E-state index is 0.0356. The summed E-state index contributed by atoms with van der Waals surface area (Å²) in [5, 5.41) is 0. The number of benzene rings is 5. The Balaban J connectivity index is 1.66. The van der Waals surface area contributed by atoms with E-state index in [1.807, 2.05) is 152 Å². The van der Waals surface area contributed by atoms with Gasteiger partial charge in [0, 0.05) is 47.3 Å². The first kappa shape index (κ1) is 27.7. The van der Waals surface area contributed by atoms with E-state index in [1.165, 1.54) is 0 Å². The third-order valence-electron chi connectivity index (χ3n) is 7.69. The molecule has 2 atom stereocenters. The van der Waals surface area contributed by atoms with Gasteiger partial charge >= 0.3 is 0 Å². The Hall–Kier alpha value is -4.89. The first-order chi connectivity index (χ1) is 20.1. The lowest BCUT2D eigenvalue weighted by atomic mass is 9.68. The van der Waals surface area contributed by atoms with Gasteiger partial charge in [0.05, 0.1) is 0 Å². The van der Waals surface area contributed by atoms with E-state index in [2.05, 4.69) is 0 Å². The van der Waals surface area contributed by atoms with E-state index in [4.69, 9.17) is 0 Å². The van der Waals surface area contributed by atoms with Gasteiger partial charge in [-0.05, 0) is 11.1 Å². The van der Waals surface area contributed by atoms with Gasteiger partial charge < -0.3 is 0 Å². The second kappa shape index (κ2) is 13.5. The van der Waals surface area contributed by atoms with Crippen LogP contribution < -0.4 is 0 Å². The summed E-state index contributed by atoms with van der Waals surface area (Å²) in [4.78, 5) is 42.0. The molecule has 41 heavy (non-hydrogen) atoms. The van der Waals surface area contributed by atoms with Crippen LogP contribution in [0.25, 0.3) is 0 Å². The number of carbonyl (C=O) groups is 3. The maximum atomic E-state index is 14.6. The highest BCUT2D eigenvalue weighted by Crippen LogP contribution is 2.43. The van der Waals surface area contributed by atoms with Crippen molar-refractivity contribution in [3.63, 3.8) is 0 Å². The van der Waals surface area contributed by atoms with Gasteiger partial charge in [-0.1, -0.05) is 152 Å². The molecule has 3 heteroatoms. The molecule has 0 aliphatic carbocycles. The van der Waals surface area contributed by atoms with Crippen molar-refractivity contribution in [1.29, 1.82) is 0 Å². The maximum Gasteiger partial charge on any atom is 0.167 e. The Kier molecular flexibility index (Phi) is 9.08. The van der Waals surface area contributed by atoms with E-state index in [-0.39, 0.29) is 30.2 Å². The minimum Gasteiger partial charge on any atom is -0.294 e. The van der Waals surface area contributed by atoms with Gasteiger partial charge in [0.1, 0.15) is 0 Å². The quantitative estimate of drug-likeness (QED) is 0.150. The molecule has 0 heterocycles. The minimum atomic E-state index is -0.664. The first-order valence-corrected chi connectivity index (χ1v) is 14.0. The zero-order chi connectivity index (χ0) is 28.4. The molecule has 0 unspecified atom stereocenters. The summed E-state index contributed by atoms with van der Waals surface area (Å²) in [5.74, 6) is -1.72. The average molecular weight is 537 g/mol. The van der Waals surface area contributed by atoms with Crippen molar-refractivity contribution in [2.24, 2.45) is 5.92 Å². The van der Waals surface area contributed by atoms with Crippen LogP contribution in [0.5, 0.6) is 0 Å². The molecular formula is C38H32O3. The zero-order valence-electron chi connectivity index (χ0n) is 22.8. The lowest BCUT2D eigenvalue weighted by molar-refractivity contribution is 0.0833. The van der Waals surface area contributed by atoms with Gasteiger partial charge in [0.15, 0.2) is 17.3 Å². The predicted molar refractivity (Wildman–Crippen MR) is 163 cm³/mol. The van der Waals surface area contributed by atoms with Crippen LogP contribution in [0.2, 0.25) is 0 Å². The molecule has 5 aromatic carbocycles. The Bertz CT molecular complexity index is 1470. The fourth-order valence-corrected chi connectivity index (χ4v) is 5.63. The Labute approximate surface area is 241 Å². The SMILES string of the molecule is O=C(C[C@@H](c1ccccc1)C(C(=O)c1ccccc1)[C@@H](CC(=O)c1ccccc1)c1ccccc1)c1ccccc1. The first-order valence-electron chi connectivity index (χ1n) is 14.0. The molecule has 0 saturated carbocycles. The lowest BCUT2D eigenvalue weighted by Crippen LogP contribution is -2.32. The summed E-state index contributed by atoms with van der Waals surface area (Å²) in [6.45, 7) is 0. The van der Waals surface area contributed by atoms with E-state index in [0.717, 1.165) is 11.1 Å². The van der Waals surface area contributed by atoms with E-state index in [9.17, 15) is 14.4 Å². The molecule has 5 aromatic rings. The Morgan fingerprint density at radius 1 is 0.390 bits per heavy atom.